The fourth-order valence-corrected chi connectivity index (χ4v) is 3.68. The van der Waals surface area contributed by atoms with Crippen molar-refractivity contribution in [1.82, 2.24) is 24.8 Å². The van der Waals surface area contributed by atoms with E-state index in [1.54, 1.807) is 11.8 Å². The van der Waals surface area contributed by atoms with Crippen LogP contribution >= 0.6 is 11.8 Å². The average Bonchev–Trinajstić information content (AvgIpc) is 3.19. The molecule has 1 N–H and O–H groups in total. The van der Waals surface area contributed by atoms with Gasteiger partial charge in [-0.25, -0.2) is 0 Å². The van der Waals surface area contributed by atoms with E-state index < -0.39 is 0 Å². The molecule has 1 aliphatic heterocycles. The molecule has 8 nitrogen and oxygen atoms in total. The van der Waals surface area contributed by atoms with Gasteiger partial charge in [0.2, 0.25) is 5.91 Å². The molecule has 0 saturated carbocycles. The van der Waals surface area contributed by atoms with E-state index in [0.29, 0.717) is 24.5 Å². The van der Waals surface area contributed by atoms with Crippen LogP contribution in [0.4, 0.5) is 0 Å². The molecule has 136 valence electrons. The van der Waals surface area contributed by atoms with Crippen molar-refractivity contribution in [2.45, 2.75) is 37.3 Å². The highest BCUT2D eigenvalue weighted by molar-refractivity contribution is 7.98. The summed E-state index contributed by atoms with van der Waals surface area (Å²) in [7, 11) is 2.00. The van der Waals surface area contributed by atoms with E-state index in [1.165, 1.54) is 6.07 Å². The van der Waals surface area contributed by atoms with Crippen LogP contribution in [-0.4, -0.2) is 50.1 Å². The van der Waals surface area contributed by atoms with Gasteiger partial charge in [-0.2, -0.15) is 5.16 Å². The van der Waals surface area contributed by atoms with Gasteiger partial charge >= 0.3 is 0 Å². The molecule has 0 spiro atoms. The summed E-state index contributed by atoms with van der Waals surface area (Å²) in [6, 6.07) is 1.39. The molecule has 0 unspecified atom stereocenters. The van der Waals surface area contributed by atoms with Crippen LogP contribution in [0.25, 0.3) is 0 Å². The number of likely N-dealkylation sites (tertiary alicyclic amines) is 1. The van der Waals surface area contributed by atoms with Gasteiger partial charge in [0.15, 0.2) is 5.16 Å². The third kappa shape index (κ3) is 4.33. The lowest BCUT2D eigenvalue weighted by Gasteiger charge is -2.31. The number of carbonyl (C=O) groups is 1. The minimum absolute atomic E-state index is 0.116. The lowest BCUT2D eigenvalue weighted by Crippen LogP contribution is -2.39. The molecule has 0 aromatic carbocycles. The van der Waals surface area contributed by atoms with E-state index in [2.05, 4.69) is 15.4 Å². The average molecular weight is 365 g/mol. The summed E-state index contributed by atoms with van der Waals surface area (Å²) in [6.07, 6.45) is 5.68. The topological polar surface area (TPSA) is 97.0 Å². The summed E-state index contributed by atoms with van der Waals surface area (Å²) in [6.45, 7) is 1.54. The van der Waals surface area contributed by atoms with Gasteiger partial charge in [0, 0.05) is 45.5 Å². The maximum atomic E-state index is 12.3. The molecule has 3 heterocycles. The zero-order valence-electron chi connectivity index (χ0n) is 14.5. The van der Waals surface area contributed by atoms with E-state index in [1.807, 2.05) is 22.8 Å². The Morgan fingerprint density at radius 3 is 2.76 bits per heavy atom. The molecular formula is C16H23N5O3S. The van der Waals surface area contributed by atoms with E-state index in [4.69, 9.17) is 4.52 Å². The third-order valence-electron chi connectivity index (χ3n) is 4.71. The maximum Gasteiger partial charge on any atom is 0.280 e. The number of hydrogen-bond donors (Lipinski definition) is 1. The molecule has 25 heavy (non-hydrogen) atoms. The fraction of sp³-hybridized carbons (Fsp3) is 0.625. The van der Waals surface area contributed by atoms with Crippen LogP contribution in [0.5, 0.6) is 0 Å². The Kier molecular flexibility index (Phi) is 5.62. The second-order valence-corrected chi connectivity index (χ2v) is 7.14. The first kappa shape index (κ1) is 17.8. The van der Waals surface area contributed by atoms with Crippen molar-refractivity contribution in [3.8, 4) is 0 Å². The Hall–Kier alpha value is -2.03. The van der Waals surface area contributed by atoms with Gasteiger partial charge in [0.1, 0.15) is 11.6 Å². The van der Waals surface area contributed by atoms with Gasteiger partial charge in [-0.3, -0.25) is 9.59 Å². The Morgan fingerprint density at radius 1 is 1.40 bits per heavy atom. The van der Waals surface area contributed by atoms with Gasteiger partial charge in [0.25, 0.3) is 5.56 Å². The second-order valence-electron chi connectivity index (χ2n) is 6.37. The van der Waals surface area contributed by atoms with Crippen LogP contribution < -0.4 is 5.56 Å². The number of aryl methyl sites for hydroxylation is 1. The van der Waals surface area contributed by atoms with Crippen molar-refractivity contribution in [2.24, 2.45) is 13.0 Å². The number of aromatic nitrogens is 4. The quantitative estimate of drug-likeness (QED) is 0.774. The number of nitrogens with one attached hydrogen (secondary N) is 1. The summed E-state index contributed by atoms with van der Waals surface area (Å²) in [4.78, 5) is 25.2. The maximum absolute atomic E-state index is 12.3. The van der Waals surface area contributed by atoms with Crippen LogP contribution in [0.1, 0.15) is 30.8 Å². The van der Waals surface area contributed by atoms with Gasteiger partial charge in [-0.15, -0.1) is 10.2 Å². The number of thioether (sulfide) groups is 1. The number of H-pyrrole nitrogens is 1. The van der Waals surface area contributed by atoms with Gasteiger partial charge in [-0.1, -0.05) is 11.8 Å². The number of aromatic amines is 1. The highest BCUT2D eigenvalue weighted by Gasteiger charge is 2.24. The standard InChI is InChI=1S/C16H23N5O3S/c1-20-13(17-18-16(20)25-2)9-11-5-7-21(8-6-11)15(23)4-3-12-10-14(22)19-24-12/h10-11H,3-9H2,1-2H3,(H,19,22). The molecule has 2 aromatic heterocycles. The zero-order valence-corrected chi connectivity index (χ0v) is 15.3. The number of rotatable bonds is 6. The van der Waals surface area contributed by atoms with Crippen molar-refractivity contribution < 1.29 is 9.32 Å². The van der Waals surface area contributed by atoms with Crippen LogP contribution in [0, 0.1) is 5.92 Å². The molecule has 1 fully saturated rings. The third-order valence-corrected chi connectivity index (χ3v) is 5.43. The Bertz CT molecular complexity index is 773. The fourth-order valence-electron chi connectivity index (χ4n) is 3.18. The Labute approximate surface area is 149 Å². The van der Waals surface area contributed by atoms with Crippen LogP contribution in [0.3, 0.4) is 0 Å². The van der Waals surface area contributed by atoms with E-state index in [-0.39, 0.29) is 11.5 Å². The molecule has 1 amide bonds. The first-order chi connectivity index (χ1) is 12.1. The number of amides is 1. The largest absolute Gasteiger partial charge is 0.384 e. The van der Waals surface area contributed by atoms with Crippen molar-refractivity contribution >= 4 is 17.7 Å². The molecule has 0 radical (unpaired) electrons. The Morgan fingerprint density at radius 2 is 2.16 bits per heavy atom. The summed E-state index contributed by atoms with van der Waals surface area (Å²) >= 11 is 1.59. The van der Waals surface area contributed by atoms with Crippen molar-refractivity contribution in [3.63, 3.8) is 0 Å². The van der Waals surface area contributed by atoms with Gasteiger partial charge in [-0.05, 0) is 25.0 Å². The first-order valence-electron chi connectivity index (χ1n) is 8.44. The molecule has 0 atom stereocenters. The number of nitrogens with zero attached hydrogens (tertiary/aromatic N) is 4. The molecule has 2 aromatic rings. The molecule has 3 rings (SSSR count). The lowest BCUT2D eigenvalue weighted by atomic mass is 9.93. The molecule has 9 heteroatoms. The normalized spacial score (nSPS) is 15.7. The number of carbonyl (C=O) groups excluding carboxylic acids is 1. The van der Waals surface area contributed by atoms with E-state index in [9.17, 15) is 9.59 Å². The SMILES string of the molecule is CSc1nnc(CC2CCN(C(=O)CCc3cc(=O)[nH]o3)CC2)n1C. The molecule has 0 aliphatic carbocycles. The minimum Gasteiger partial charge on any atom is -0.384 e. The molecule has 1 saturated heterocycles. The van der Waals surface area contributed by atoms with Crippen LogP contribution in [0.2, 0.25) is 0 Å². The van der Waals surface area contributed by atoms with Crippen molar-refractivity contribution in [2.75, 3.05) is 19.3 Å². The van der Waals surface area contributed by atoms with Crippen LogP contribution in [-0.2, 0) is 24.7 Å². The monoisotopic (exact) mass is 365 g/mol. The number of hydrogen-bond acceptors (Lipinski definition) is 6. The number of piperidine rings is 1. The molecular weight excluding hydrogens is 342 g/mol. The smallest absolute Gasteiger partial charge is 0.280 e. The lowest BCUT2D eigenvalue weighted by molar-refractivity contribution is -0.132. The molecule has 0 bridgehead atoms. The van der Waals surface area contributed by atoms with Gasteiger partial charge < -0.3 is 14.0 Å². The molecule has 1 aliphatic rings. The summed E-state index contributed by atoms with van der Waals surface area (Å²) in [5, 5.41) is 11.6. The minimum atomic E-state index is -0.267. The highest BCUT2D eigenvalue weighted by atomic mass is 32.2. The van der Waals surface area contributed by atoms with Crippen molar-refractivity contribution in [1.29, 1.82) is 0 Å². The second kappa shape index (κ2) is 7.90. The summed E-state index contributed by atoms with van der Waals surface area (Å²) in [5.41, 5.74) is -0.267. The predicted molar refractivity (Wildman–Crippen MR) is 93.4 cm³/mol. The summed E-state index contributed by atoms with van der Waals surface area (Å²) < 4.78 is 7.03. The first-order valence-corrected chi connectivity index (χ1v) is 9.66. The zero-order chi connectivity index (χ0) is 17.8. The Balaban J connectivity index is 1.45. The summed E-state index contributed by atoms with van der Waals surface area (Å²) in [5.74, 6) is 2.19. The van der Waals surface area contributed by atoms with Gasteiger partial charge in [0.05, 0.1) is 0 Å². The predicted octanol–water partition coefficient (Wildman–Crippen LogP) is 1.23. The highest BCUT2D eigenvalue weighted by Crippen LogP contribution is 2.23. The van der Waals surface area contributed by atoms with Crippen LogP contribution in [0.15, 0.2) is 20.5 Å². The van der Waals surface area contributed by atoms with E-state index in [0.717, 1.165) is 43.3 Å². The van der Waals surface area contributed by atoms with E-state index >= 15 is 0 Å². The van der Waals surface area contributed by atoms with Crippen molar-refractivity contribution in [3.05, 3.63) is 28.0 Å².